The molecule has 1 heterocycles. The van der Waals surface area contributed by atoms with E-state index in [0.717, 1.165) is 12.8 Å². The van der Waals surface area contributed by atoms with Crippen LogP contribution in [0.2, 0.25) is 0 Å². The van der Waals surface area contributed by atoms with Crippen molar-refractivity contribution in [3.63, 3.8) is 0 Å². The van der Waals surface area contributed by atoms with E-state index in [2.05, 4.69) is 28.3 Å². The molecule has 0 amide bonds. The average Bonchev–Trinajstić information content (AvgIpc) is 2.48. The van der Waals surface area contributed by atoms with E-state index in [9.17, 15) is 4.21 Å². The number of rotatable bonds is 6. The molecule has 1 unspecified atom stereocenters. The molecule has 0 aliphatic carbocycles. The molecule has 1 atom stereocenters. The summed E-state index contributed by atoms with van der Waals surface area (Å²) in [7, 11) is 1.94. The first kappa shape index (κ1) is 15.8. The number of likely N-dealkylation sites (N-methyl/N-ethyl adjacent to an activating group) is 1. The fraction of sp³-hybridized carbons (Fsp3) is 0.500. The zero-order chi connectivity index (χ0) is 15.5. The van der Waals surface area contributed by atoms with Crippen molar-refractivity contribution < 1.29 is 8.95 Å². The minimum absolute atomic E-state index is 0.0699. The summed E-state index contributed by atoms with van der Waals surface area (Å²) in [5, 5.41) is 3.33. The monoisotopic (exact) mass is 310 g/mol. The van der Waals surface area contributed by atoms with Gasteiger partial charge in [0.25, 0.3) is 0 Å². The Morgan fingerprint density at radius 3 is 2.76 bits per heavy atom. The molecule has 0 saturated heterocycles. The summed E-state index contributed by atoms with van der Waals surface area (Å²) in [6.07, 6.45) is 1.92. The Balaban J connectivity index is 2.26. The van der Waals surface area contributed by atoms with E-state index in [1.807, 2.05) is 25.2 Å². The van der Waals surface area contributed by atoms with E-state index in [0.29, 0.717) is 23.6 Å². The lowest BCUT2D eigenvalue weighted by Gasteiger charge is -2.31. The van der Waals surface area contributed by atoms with Crippen LogP contribution >= 0.6 is 0 Å². The van der Waals surface area contributed by atoms with Gasteiger partial charge in [0.05, 0.1) is 16.8 Å². The Bertz CT molecular complexity index is 562. The van der Waals surface area contributed by atoms with Crippen LogP contribution in [0.25, 0.3) is 0 Å². The molecule has 116 valence electrons. The third kappa shape index (κ3) is 3.19. The maximum atomic E-state index is 11.5. The Kier molecular flexibility index (Phi) is 4.84. The highest BCUT2D eigenvalue weighted by molar-refractivity contribution is 7.85. The molecule has 2 rings (SSSR count). The molecule has 0 aromatic heterocycles. The first-order chi connectivity index (χ1) is 10.0. The van der Waals surface area contributed by atoms with Crippen molar-refractivity contribution in [2.75, 3.05) is 18.4 Å². The van der Waals surface area contributed by atoms with Gasteiger partial charge < -0.3 is 15.8 Å². The van der Waals surface area contributed by atoms with Crippen molar-refractivity contribution in [2.24, 2.45) is 10.1 Å². The summed E-state index contributed by atoms with van der Waals surface area (Å²) in [6.45, 7) is 4.79. The molecule has 0 fully saturated rings. The van der Waals surface area contributed by atoms with Gasteiger partial charge in [-0.15, -0.1) is 0 Å². The standard InChI is InChI=1S/C14H22N4O2S/c1-4-14(5-2,16-3)9-20-11-8-6-7-10-12(11)13(15)18-21(19)17-10/h6-8,16-17H,4-5,9H2,1-3H3,(H2,15,18). The predicted octanol–water partition coefficient (Wildman–Crippen LogP) is 1.55. The van der Waals surface area contributed by atoms with Crippen LogP contribution < -0.4 is 20.5 Å². The molecule has 1 aliphatic heterocycles. The van der Waals surface area contributed by atoms with Crippen molar-refractivity contribution in [1.82, 2.24) is 5.32 Å². The van der Waals surface area contributed by atoms with Crippen molar-refractivity contribution in [3.8, 4) is 5.75 Å². The largest absolute Gasteiger partial charge is 0.491 e. The normalized spacial score (nSPS) is 17.7. The quantitative estimate of drug-likeness (QED) is 0.744. The topological polar surface area (TPSA) is 88.7 Å². The highest BCUT2D eigenvalue weighted by Gasteiger charge is 2.26. The Labute approximate surface area is 127 Å². The Morgan fingerprint density at radius 2 is 2.14 bits per heavy atom. The van der Waals surface area contributed by atoms with E-state index >= 15 is 0 Å². The highest BCUT2D eigenvalue weighted by Crippen LogP contribution is 2.30. The molecule has 0 bridgehead atoms. The van der Waals surface area contributed by atoms with E-state index in [1.165, 1.54) is 0 Å². The van der Waals surface area contributed by atoms with Crippen LogP contribution in [0.1, 0.15) is 32.3 Å². The predicted molar refractivity (Wildman–Crippen MR) is 86.8 cm³/mol. The van der Waals surface area contributed by atoms with Crippen LogP contribution in [0.15, 0.2) is 22.6 Å². The van der Waals surface area contributed by atoms with Gasteiger partial charge in [0.1, 0.15) is 18.2 Å². The van der Waals surface area contributed by atoms with Crippen molar-refractivity contribution in [3.05, 3.63) is 23.8 Å². The van der Waals surface area contributed by atoms with E-state index < -0.39 is 11.2 Å². The van der Waals surface area contributed by atoms with E-state index in [4.69, 9.17) is 10.5 Å². The van der Waals surface area contributed by atoms with Gasteiger partial charge in [0.2, 0.25) is 11.2 Å². The van der Waals surface area contributed by atoms with Gasteiger partial charge in [-0.05, 0) is 32.0 Å². The van der Waals surface area contributed by atoms with Crippen LogP contribution in [0, 0.1) is 0 Å². The van der Waals surface area contributed by atoms with Gasteiger partial charge >= 0.3 is 0 Å². The molecule has 21 heavy (non-hydrogen) atoms. The lowest BCUT2D eigenvalue weighted by Crippen LogP contribution is -2.47. The molecule has 0 saturated carbocycles. The summed E-state index contributed by atoms with van der Waals surface area (Å²) in [5.41, 5.74) is 7.18. The Morgan fingerprint density at radius 1 is 1.43 bits per heavy atom. The van der Waals surface area contributed by atoms with E-state index in [-0.39, 0.29) is 11.4 Å². The second-order valence-electron chi connectivity index (χ2n) is 5.03. The number of anilines is 1. The molecule has 1 aromatic carbocycles. The van der Waals surface area contributed by atoms with Crippen molar-refractivity contribution in [1.29, 1.82) is 0 Å². The third-order valence-corrected chi connectivity index (χ3v) is 4.81. The molecule has 4 N–H and O–H groups in total. The second-order valence-corrected chi connectivity index (χ2v) is 5.92. The lowest BCUT2D eigenvalue weighted by atomic mass is 9.94. The summed E-state index contributed by atoms with van der Waals surface area (Å²) >= 11 is -1.52. The number of nitrogens with one attached hydrogen (secondary N) is 2. The van der Waals surface area contributed by atoms with Crippen LogP contribution in [-0.4, -0.2) is 29.2 Å². The molecule has 0 radical (unpaired) electrons. The van der Waals surface area contributed by atoms with Gasteiger partial charge in [-0.25, -0.2) is 4.21 Å². The molecule has 7 heteroatoms. The van der Waals surface area contributed by atoms with Crippen LogP contribution in [0.5, 0.6) is 5.75 Å². The summed E-state index contributed by atoms with van der Waals surface area (Å²) < 4.78 is 24.1. The number of hydrogen-bond acceptors (Lipinski definition) is 4. The average molecular weight is 310 g/mol. The molecule has 6 nitrogen and oxygen atoms in total. The number of ether oxygens (including phenoxy) is 1. The first-order valence-electron chi connectivity index (χ1n) is 7.03. The fourth-order valence-corrected chi connectivity index (χ4v) is 3.02. The third-order valence-electron chi connectivity index (χ3n) is 4.05. The maximum absolute atomic E-state index is 11.5. The number of nitrogens with two attached hydrogens (primary N) is 1. The van der Waals surface area contributed by atoms with Gasteiger partial charge in [0, 0.05) is 0 Å². The molecular weight excluding hydrogens is 288 g/mol. The van der Waals surface area contributed by atoms with E-state index in [1.54, 1.807) is 0 Å². The molecule has 0 spiro atoms. The maximum Gasteiger partial charge on any atom is 0.245 e. The summed E-state index contributed by atoms with van der Waals surface area (Å²) in [4.78, 5) is 0. The molecule has 1 aliphatic rings. The van der Waals surface area contributed by atoms with Crippen molar-refractivity contribution in [2.45, 2.75) is 32.2 Å². The van der Waals surface area contributed by atoms with Crippen LogP contribution in [-0.2, 0) is 11.2 Å². The first-order valence-corrected chi connectivity index (χ1v) is 8.13. The fourth-order valence-electron chi connectivity index (χ4n) is 2.35. The number of amidine groups is 1. The Hall–Kier alpha value is -1.60. The second kappa shape index (κ2) is 6.44. The van der Waals surface area contributed by atoms with Gasteiger partial charge in [-0.1, -0.05) is 19.9 Å². The zero-order valence-electron chi connectivity index (χ0n) is 12.6. The van der Waals surface area contributed by atoms with Crippen LogP contribution in [0.4, 0.5) is 5.69 Å². The van der Waals surface area contributed by atoms with Crippen LogP contribution in [0.3, 0.4) is 0 Å². The minimum Gasteiger partial charge on any atom is -0.491 e. The lowest BCUT2D eigenvalue weighted by molar-refractivity contribution is 0.177. The summed E-state index contributed by atoms with van der Waals surface area (Å²) in [6, 6.07) is 5.51. The summed E-state index contributed by atoms with van der Waals surface area (Å²) in [5.74, 6) is 0.889. The van der Waals surface area contributed by atoms with Gasteiger partial charge in [0.15, 0.2) is 0 Å². The number of benzene rings is 1. The minimum atomic E-state index is -1.52. The SMILES string of the molecule is CCC(CC)(COc1cccc2c1C(N)=NS(=O)N2)NC. The van der Waals surface area contributed by atoms with Gasteiger partial charge in [-0.3, -0.25) is 4.72 Å². The smallest absolute Gasteiger partial charge is 0.245 e. The number of fused-ring (bicyclic) bond motifs is 1. The number of nitrogens with zero attached hydrogens (tertiary/aromatic N) is 1. The van der Waals surface area contributed by atoms with Gasteiger partial charge in [-0.2, -0.15) is 4.40 Å². The number of hydrogen-bond donors (Lipinski definition) is 3. The molecular formula is C14H22N4O2S. The highest BCUT2D eigenvalue weighted by atomic mass is 32.2. The zero-order valence-corrected chi connectivity index (χ0v) is 13.4. The van der Waals surface area contributed by atoms with Crippen molar-refractivity contribution >= 4 is 22.7 Å². The molecule has 1 aromatic rings.